The highest BCUT2D eigenvalue weighted by Gasteiger charge is 2.31. The molecule has 0 bridgehead atoms. The molecule has 3 N–H and O–H groups in total. The van der Waals surface area contributed by atoms with E-state index in [-0.39, 0.29) is 31.4 Å². The van der Waals surface area contributed by atoms with Crippen molar-refractivity contribution in [3.8, 4) is 5.75 Å². The maximum absolute atomic E-state index is 12.7. The fraction of sp³-hybridized carbons (Fsp3) is 0.565. The number of para-hydroxylation sites is 1. The van der Waals surface area contributed by atoms with Gasteiger partial charge in [0.2, 0.25) is 11.8 Å². The van der Waals surface area contributed by atoms with Gasteiger partial charge in [0.1, 0.15) is 24.0 Å². The summed E-state index contributed by atoms with van der Waals surface area (Å²) >= 11 is 0. The fourth-order valence-electron chi connectivity index (χ4n) is 2.81. The van der Waals surface area contributed by atoms with E-state index in [2.05, 4.69) is 10.6 Å². The van der Waals surface area contributed by atoms with E-state index in [9.17, 15) is 24.3 Å². The molecular formula is C23H34N2O7. The topological polar surface area (TPSA) is 131 Å². The summed E-state index contributed by atoms with van der Waals surface area (Å²) in [6.07, 6.45) is -0.625. The van der Waals surface area contributed by atoms with Crippen molar-refractivity contribution in [1.82, 2.24) is 10.6 Å². The van der Waals surface area contributed by atoms with Crippen molar-refractivity contribution in [2.75, 3.05) is 13.2 Å². The second-order valence-electron chi connectivity index (χ2n) is 8.76. The molecule has 1 rings (SSSR count). The minimum absolute atomic E-state index is 0.117. The van der Waals surface area contributed by atoms with Gasteiger partial charge in [-0.1, -0.05) is 32.0 Å². The van der Waals surface area contributed by atoms with Crippen LogP contribution in [0.1, 0.15) is 47.5 Å². The molecule has 0 saturated heterocycles. The summed E-state index contributed by atoms with van der Waals surface area (Å²) in [6.45, 7) is 9.05. The second-order valence-corrected chi connectivity index (χ2v) is 8.76. The molecule has 0 aliphatic carbocycles. The first-order valence-corrected chi connectivity index (χ1v) is 10.6. The van der Waals surface area contributed by atoms with Gasteiger partial charge >= 0.3 is 11.9 Å². The van der Waals surface area contributed by atoms with Crippen molar-refractivity contribution >= 4 is 23.8 Å². The van der Waals surface area contributed by atoms with Gasteiger partial charge in [-0.15, -0.1) is 0 Å². The lowest BCUT2D eigenvalue weighted by molar-refractivity contribution is -0.158. The van der Waals surface area contributed by atoms with Crippen LogP contribution in [0.5, 0.6) is 5.75 Å². The number of amides is 2. The van der Waals surface area contributed by atoms with Gasteiger partial charge in [0.15, 0.2) is 0 Å². The number of carboxylic acids is 1. The molecule has 32 heavy (non-hydrogen) atoms. The molecule has 1 aromatic carbocycles. The van der Waals surface area contributed by atoms with E-state index >= 15 is 0 Å². The first-order valence-electron chi connectivity index (χ1n) is 10.6. The van der Waals surface area contributed by atoms with Gasteiger partial charge in [0.25, 0.3) is 0 Å². The van der Waals surface area contributed by atoms with Gasteiger partial charge in [0.05, 0.1) is 13.0 Å². The van der Waals surface area contributed by atoms with E-state index in [1.165, 1.54) is 0 Å². The molecule has 2 amide bonds. The number of hydrogen-bond acceptors (Lipinski definition) is 6. The Balaban J connectivity index is 2.58. The summed E-state index contributed by atoms with van der Waals surface area (Å²) in [5.41, 5.74) is -0.771. The highest BCUT2D eigenvalue weighted by Crippen LogP contribution is 2.17. The molecule has 178 valence electrons. The summed E-state index contributed by atoms with van der Waals surface area (Å²) in [7, 11) is 0. The Bertz CT molecular complexity index is 772. The number of rotatable bonds is 12. The maximum atomic E-state index is 12.7. The van der Waals surface area contributed by atoms with Crippen molar-refractivity contribution in [1.29, 1.82) is 0 Å². The van der Waals surface area contributed by atoms with Crippen LogP contribution in [0, 0.1) is 11.8 Å². The van der Waals surface area contributed by atoms with Crippen LogP contribution in [0.15, 0.2) is 30.3 Å². The number of hydrogen-bond donors (Lipinski definition) is 3. The standard InChI is InChI=1S/C23H34N2O7/c1-15(2)17(13-19(26)24-11-12-31-16-9-7-6-8-10-16)21(28)25-18(22(29)30)14-20(27)32-23(3,4)5/h6-10,15,17-18H,11-14H2,1-5H3,(H,24,26)(H,25,28)(H,29,30). The van der Waals surface area contributed by atoms with E-state index < -0.39 is 41.8 Å². The van der Waals surface area contributed by atoms with E-state index in [1.54, 1.807) is 46.8 Å². The molecule has 0 heterocycles. The first-order chi connectivity index (χ1) is 14.9. The van der Waals surface area contributed by atoms with Gasteiger partial charge in [0, 0.05) is 12.3 Å². The summed E-state index contributed by atoms with van der Waals surface area (Å²) < 4.78 is 10.6. The predicted molar refractivity (Wildman–Crippen MR) is 118 cm³/mol. The van der Waals surface area contributed by atoms with Crippen LogP contribution >= 0.6 is 0 Å². The zero-order chi connectivity index (χ0) is 24.3. The second kappa shape index (κ2) is 12.7. The van der Waals surface area contributed by atoms with Crippen LogP contribution in [0.3, 0.4) is 0 Å². The van der Waals surface area contributed by atoms with Crippen molar-refractivity contribution in [3.63, 3.8) is 0 Å². The SMILES string of the molecule is CC(C)C(CC(=O)NCCOc1ccccc1)C(=O)NC(CC(=O)OC(C)(C)C)C(=O)O. The van der Waals surface area contributed by atoms with Gasteiger partial charge < -0.3 is 25.2 Å². The Morgan fingerprint density at radius 1 is 1.03 bits per heavy atom. The Hall–Kier alpha value is -3.10. The van der Waals surface area contributed by atoms with Crippen LogP contribution in [-0.2, 0) is 23.9 Å². The molecule has 9 heteroatoms. The highest BCUT2D eigenvalue weighted by molar-refractivity contribution is 5.90. The molecule has 0 saturated carbocycles. The van der Waals surface area contributed by atoms with Gasteiger partial charge in [-0.2, -0.15) is 0 Å². The average molecular weight is 451 g/mol. The van der Waals surface area contributed by atoms with Crippen molar-refractivity contribution in [3.05, 3.63) is 30.3 Å². The van der Waals surface area contributed by atoms with Crippen molar-refractivity contribution < 1.29 is 33.8 Å². The maximum Gasteiger partial charge on any atom is 0.326 e. The zero-order valence-corrected chi connectivity index (χ0v) is 19.3. The third-order valence-electron chi connectivity index (χ3n) is 4.39. The zero-order valence-electron chi connectivity index (χ0n) is 19.3. The Labute approximate surface area is 188 Å². The minimum Gasteiger partial charge on any atom is -0.492 e. The van der Waals surface area contributed by atoms with E-state index in [4.69, 9.17) is 9.47 Å². The predicted octanol–water partition coefficient (Wildman–Crippen LogP) is 2.15. The number of ether oxygens (including phenoxy) is 2. The van der Waals surface area contributed by atoms with E-state index in [0.29, 0.717) is 5.75 Å². The molecule has 0 aromatic heterocycles. The van der Waals surface area contributed by atoms with Gasteiger partial charge in [-0.3, -0.25) is 14.4 Å². The van der Waals surface area contributed by atoms with E-state index in [1.807, 2.05) is 18.2 Å². The molecule has 0 fully saturated rings. The quantitative estimate of drug-likeness (QED) is 0.328. The summed E-state index contributed by atoms with van der Waals surface area (Å²) in [5, 5.41) is 14.5. The summed E-state index contributed by atoms with van der Waals surface area (Å²) in [4.78, 5) is 48.5. The van der Waals surface area contributed by atoms with Crippen LogP contribution in [0.2, 0.25) is 0 Å². The van der Waals surface area contributed by atoms with Crippen LogP contribution in [0.4, 0.5) is 0 Å². The molecule has 0 spiro atoms. The molecule has 1 aromatic rings. The molecule has 0 aliphatic heterocycles. The molecule has 9 nitrogen and oxygen atoms in total. The Morgan fingerprint density at radius 2 is 1.66 bits per heavy atom. The third kappa shape index (κ3) is 10.8. The molecular weight excluding hydrogens is 416 g/mol. The highest BCUT2D eigenvalue weighted by atomic mass is 16.6. The smallest absolute Gasteiger partial charge is 0.326 e. The van der Waals surface area contributed by atoms with Crippen molar-refractivity contribution in [2.24, 2.45) is 11.8 Å². The molecule has 2 unspecified atom stereocenters. The number of carbonyl (C=O) groups excluding carboxylic acids is 3. The number of esters is 1. The Kier molecular flexibility index (Phi) is 10.7. The fourth-order valence-corrected chi connectivity index (χ4v) is 2.81. The lowest BCUT2D eigenvalue weighted by Crippen LogP contribution is -2.47. The van der Waals surface area contributed by atoms with Crippen molar-refractivity contribution in [2.45, 2.75) is 59.1 Å². The minimum atomic E-state index is -1.44. The summed E-state index contributed by atoms with van der Waals surface area (Å²) in [5.74, 6) is -3.34. The van der Waals surface area contributed by atoms with E-state index in [0.717, 1.165) is 0 Å². The third-order valence-corrected chi connectivity index (χ3v) is 4.39. The monoisotopic (exact) mass is 450 g/mol. The first kappa shape index (κ1) is 26.9. The normalized spacial score (nSPS) is 13.1. The van der Waals surface area contributed by atoms with Crippen LogP contribution in [0.25, 0.3) is 0 Å². The van der Waals surface area contributed by atoms with Crippen LogP contribution in [-0.4, -0.2) is 53.7 Å². The number of benzene rings is 1. The van der Waals surface area contributed by atoms with Crippen LogP contribution < -0.4 is 15.4 Å². The number of carboxylic acid groups (broad SMARTS) is 1. The summed E-state index contributed by atoms with van der Waals surface area (Å²) in [6, 6.07) is 7.71. The molecule has 2 atom stereocenters. The largest absolute Gasteiger partial charge is 0.492 e. The van der Waals surface area contributed by atoms with Gasteiger partial charge in [-0.05, 0) is 38.8 Å². The lowest BCUT2D eigenvalue weighted by Gasteiger charge is -2.24. The lowest BCUT2D eigenvalue weighted by atomic mass is 9.91. The number of aliphatic carboxylic acids is 1. The number of nitrogens with one attached hydrogen (secondary N) is 2. The number of carbonyl (C=O) groups is 4. The molecule has 0 radical (unpaired) electrons. The molecule has 0 aliphatic rings. The average Bonchev–Trinajstić information content (AvgIpc) is 2.67. The van der Waals surface area contributed by atoms with Gasteiger partial charge in [-0.25, -0.2) is 4.79 Å². The Morgan fingerprint density at radius 3 is 2.19 bits per heavy atom.